The van der Waals surface area contributed by atoms with E-state index in [9.17, 15) is 4.79 Å². The molecule has 1 aliphatic heterocycles. The predicted molar refractivity (Wildman–Crippen MR) is 141 cm³/mol. The van der Waals surface area contributed by atoms with Crippen LogP contribution in [0.25, 0.3) is 0 Å². The molecule has 1 amide bonds. The van der Waals surface area contributed by atoms with E-state index in [1.807, 2.05) is 30.0 Å². The van der Waals surface area contributed by atoms with Gasteiger partial charge >= 0.3 is 0 Å². The summed E-state index contributed by atoms with van der Waals surface area (Å²) < 4.78 is 5.29. The number of hydrogen-bond acceptors (Lipinski definition) is 5. The second-order valence-corrected chi connectivity index (χ2v) is 8.60. The fourth-order valence-electron chi connectivity index (χ4n) is 3.71. The van der Waals surface area contributed by atoms with Crippen LogP contribution in [-0.2, 0) is 17.6 Å². The van der Waals surface area contributed by atoms with Crippen LogP contribution in [0.1, 0.15) is 56.8 Å². The van der Waals surface area contributed by atoms with Crippen molar-refractivity contribution in [3.05, 3.63) is 47.6 Å². The molecule has 8 nitrogen and oxygen atoms in total. The van der Waals surface area contributed by atoms with Gasteiger partial charge in [-0.2, -0.15) is 4.98 Å². The molecule has 33 heavy (non-hydrogen) atoms. The Morgan fingerprint density at radius 2 is 2.03 bits per heavy atom. The highest BCUT2D eigenvalue weighted by atomic mass is 127. The van der Waals surface area contributed by atoms with Gasteiger partial charge in [-0.15, -0.1) is 24.0 Å². The highest BCUT2D eigenvalue weighted by Crippen LogP contribution is 2.18. The SMILES string of the molecule is CCNC(=NCC1CC(=O)N(CCc2ccccc2)C1)NCCCc1nc(C(C)C)no1.I. The van der Waals surface area contributed by atoms with Crippen molar-refractivity contribution >= 4 is 35.8 Å². The molecular formula is C24H37IN6O2. The van der Waals surface area contributed by atoms with Crippen molar-refractivity contribution in [3.63, 3.8) is 0 Å². The van der Waals surface area contributed by atoms with Crippen molar-refractivity contribution in [2.45, 2.75) is 52.4 Å². The fourth-order valence-corrected chi connectivity index (χ4v) is 3.71. The normalized spacial score (nSPS) is 16.2. The van der Waals surface area contributed by atoms with Crippen LogP contribution in [0.15, 0.2) is 39.8 Å². The molecule has 0 spiro atoms. The number of carbonyl (C=O) groups excluding carboxylic acids is 1. The molecule has 1 aromatic carbocycles. The molecule has 1 unspecified atom stereocenters. The van der Waals surface area contributed by atoms with E-state index in [2.05, 4.69) is 46.8 Å². The Labute approximate surface area is 214 Å². The Balaban J connectivity index is 0.00000385. The van der Waals surface area contributed by atoms with Crippen LogP contribution >= 0.6 is 24.0 Å². The lowest BCUT2D eigenvalue weighted by Crippen LogP contribution is -2.38. The number of nitrogens with zero attached hydrogens (tertiary/aromatic N) is 4. The summed E-state index contributed by atoms with van der Waals surface area (Å²) in [6.45, 7) is 9.90. The lowest BCUT2D eigenvalue weighted by molar-refractivity contribution is -0.127. The zero-order valence-corrected chi connectivity index (χ0v) is 22.2. The third kappa shape index (κ3) is 8.94. The molecule has 0 saturated carbocycles. The molecule has 2 aromatic rings. The maximum absolute atomic E-state index is 12.4. The largest absolute Gasteiger partial charge is 0.357 e. The number of rotatable bonds is 11. The van der Waals surface area contributed by atoms with Crippen LogP contribution in [0.4, 0.5) is 0 Å². The molecule has 3 rings (SSSR count). The third-order valence-corrected chi connectivity index (χ3v) is 5.52. The van der Waals surface area contributed by atoms with Gasteiger partial charge in [0, 0.05) is 57.4 Å². The molecule has 1 atom stereocenters. The molecule has 2 heterocycles. The second kappa shape index (κ2) is 14.2. The number of benzene rings is 1. The Kier molecular flexibility index (Phi) is 11.6. The molecule has 182 valence electrons. The van der Waals surface area contributed by atoms with Gasteiger partial charge in [0.1, 0.15) is 0 Å². The highest BCUT2D eigenvalue weighted by Gasteiger charge is 2.29. The molecule has 1 saturated heterocycles. The van der Waals surface area contributed by atoms with E-state index < -0.39 is 0 Å². The molecule has 0 radical (unpaired) electrons. The van der Waals surface area contributed by atoms with Gasteiger partial charge in [0.2, 0.25) is 11.8 Å². The van der Waals surface area contributed by atoms with Gasteiger partial charge in [-0.3, -0.25) is 9.79 Å². The molecular weight excluding hydrogens is 531 g/mol. The van der Waals surface area contributed by atoms with E-state index in [1.165, 1.54) is 5.56 Å². The molecule has 1 aliphatic rings. The van der Waals surface area contributed by atoms with Crippen LogP contribution in [0.3, 0.4) is 0 Å². The maximum Gasteiger partial charge on any atom is 0.226 e. The lowest BCUT2D eigenvalue weighted by Gasteiger charge is -2.16. The first-order valence-corrected chi connectivity index (χ1v) is 11.7. The van der Waals surface area contributed by atoms with E-state index >= 15 is 0 Å². The van der Waals surface area contributed by atoms with Gasteiger partial charge in [-0.1, -0.05) is 49.3 Å². The molecule has 2 N–H and O–H groups in total. The number of likely N-dealkylation sites (tertiary alicyclic amines) is 1. The molecule has 0 bridgehead atoms. The summed E-state index contributed by atoms with van der Waals surface area (Å²) in [6, 6.07) is 10.3. The second-order valence-electron chi connectivity index (χ2n) is 8.60. The average molecular weight is 569 g/mol. The van der Waals surface area contributed by atoms with E-state index in [-0.39, 0.29) is 41.7 Å². The van der Waals surface area contributed by atoms with Crippen LogP contribution in [0, 0.1) is 5.92 Å². The minimum atomic E-state index is 0. The zero-order valence-electron chi connectivity index (χ0n) is 19.9. The smallest absolute Gasteiger partial charge is 0.226 e. The van der Waals surface area contributed by atoms with Crippen molar-refractivity contribution in [1.82, 2.24) is 25.7 Å². The summed E-state index contributed by atoms with van der Waals surface area (Å²) in [4.78, 5) is 23.5. The lowest BCUT2D eigenvalue weighted by atomic mass is 10.1. The van der Waals surface area contributed by atoms with E-state index in [0.717, 1.165) is 57.2 Å². The van der Waals surface area contributed by atoms with Crippen LogP contribution in [-0.4, -0.2) is 59.6 Å². The van der Waals surface area contributed by atoms with Crippen LogP contribution < -0.4 is 10.6 Å². The van der Waals surface area contributed by atoms with Gasteiger partial charge < -0.3 is 20.1 Å². The van der Waals surface area contributed by atoms with Crippen LogP contribution in [0.2, 0.25) is 0 Å². The molecule has 1 aromatic heterocycles. The van der Waals surface area contributed by atoms with Crippen molar-refractivity contribution < 1.29 is 9.32 Å². The van der Waals surface area contributed by atoms with Gasteiger partial charge in [-0.05, 0) is 25.3 Å². The summed E-state index contributed by atoms with van der Waals surface area (Å²) in [5.74, 6) is 3.00. The molecule has 0 aliphatic carbocycles. The van der Waals surface area contributed by atoms with E-state index in [4.69, 9.17) is 9.52 Å². The van der Waals surface area contributed by atoms with Crippen molar-refractivity contribution in [2.75, 3.05) is 32.7 Å². The first-order valence-electron chi connectivity index (χ1n) is 11.7. The van der Waals surface area contributed by atoms with Gasteiger partial charge in [0.25, 0.3) is 0 Å². The van der Waals surface area contributed by atoms with Gasteiger partial charge in [0.05, 0.1) is 0 Å². The van der Waals surface area contributed by atoms with Crippen molar-refractivity contribution in [3.8, 4) is 0 Å². The number of guanidine groups is 1. The van der Waals surface area contributed by atoms with Gasteiger partial charge in [0.15, 0.2) is 11.8 Å². The summed E-state index contributed by atoms with van der Waals surface area (Å²) in [5, 5.41) is 10.6. The van der Waals surface area contributed by atoms with Crippen molar-refractivity contribution in [1.29, 1.82) is 0 Å². The standard InChI is InChI=1S/C24H36N6O2.HI/c1-4-25-24(26-13-8-11-21-28-23(18(2)3)29-32-21)27-16-20-15-22(31)30(17-20)14-12-19-9-6-5-7-10-19;/h5-7,9-10,18,20H,4,8,11-17H2,1-3H3,(H2,25,26,27);1H. The third-order valence-electron chi connectivity index (χ3n) is 5.52. The Morgan fingerprint density at radius 3 is 2.73 bits per heavy atom. The summed E-state index contributed by atoms with van der Waals surface area (Å²) in [5.41, 5.74) is 1.27. The fraction of sp³-hybridized carbons (Fsp3) is 0.583. The minimum absolute atomic E-state index is 0. The summed E-state index contributed by atoms with van der Waals surface area (Å²) in [7, 11) is 0. The number of nitrogens with one attached hydrogen (secondary N) is 2. The predicted octanol–water partition coefficient (Wildman–Crippen LogP) is 3.39. The number of aryl methyl sites for hydroxylation is 1. The Morgan fingerprint density at radius 1 is 1.24 bits per heavy atom. The maximum atomic E-state index is 12.4. The Hall–Kier alpha value is -2.17. The van der Waals surface area contributed by atoms with E-state index in [0.29, 0.717) is 18.9 Å². The summed E-state index contributed by atoms with van der Waals surface area (Å²) >= 11 is 0. The number of carbonyl (C=O) groups is 1. The topological polar surface area (TPSA) is 95.7 Å². The first-order chi connectivity index (χ1) is 15.5. The molecule has 1 fully saturated rings. The van der Waals surface area contributed by atoms with Gasteiger partial charge in [-0.25, -0.2) is 0 Å². The number of halogens is 1. The Bertz CT molecular complexity index is 871. The first kappa shape index (κ1) is 27.1. The zero-order chi connectivity index (χ0) is 22.8. The van der Waals surface area contributed by atoms with E-state index in [1.54, 1.807) is 0 Å². The average Bonchev–Trinajstić information content (AvgIpc) is 3.41. The number of aliphatic imine (C=N–C) groups is 1. The molecule has 9 heteroatoms. The summed E-state index contributed by atoms with van der Waals surface area (Å²) in [6.07, 6.45) is 3.08. The minimum Gasteiger partial charge on any atom is -0.357 e. The number of aromatic nitrogens is 2. The van der Waals surface area contributed by atoms with Crippen LogP contribution in [0.5, 0.6) is 0 Å². The number of amides is 1. The monoisotopic (exact) mass is 568 g/mol. The quantitative estimate of drug-likeness (QED) is 0.187. The van der Waals surface area contributed by atoms with Crippen molar-refractivity contribution in [2.24, 2.45) is 10.9 Å². The highest BCUT2D eigenvalue weighted by molar-refractivity contribution is 14.0. The number of hydrogen-bond donors (Lipinski definition) is 2.